The maximum Gasteiger partial charge on any atom is 0.133 e. The summed E-state index contributed by atoms with van der Waals surface area (Å²) in [7, 11) is 0. The molecule has 3 heteroatoms. The third-order valence-corrected chi connectivity index (χ3v) is 3.78. The zero-order valence-corrected chi connectivity index (χ0v) is 10.4. The number of rotatable bonds is 2. The second-order valence-corrected chi connectivity index (χ2v) is 5.27. The third-order valence-electron chi connectivity index (χ3n) is 2.45. The van der Waals surface area contributed by atoms with Crippen LogP contribution in [0, 0.1) is 12.7 Å². The number of aryl methyl sites for hydroxylation is 1. The number of aromatic nitrogens is 1. The van der Waals surface area contributed by atoms with Crippen LogP contribution in [-0.4, -0.2) is 4.98 Å². The molecule has 84 valence electrons. The highest BCUT2D eigenvalue weighted by atomic mass is 32.1. The molecular weight excluding hydrogens is 221 g/mol. The molecule has 0 fully saturated rings. The Morgan fingerprint density at radius 2 is 2.06 bits per heavy atom. The van der Waals surface area contributed by atoms with E-state index in [0.29, 0.717) is 11.5 Å². The largest absolute Gasteiger partial charge is 0.244 e. The summed E-state index contributed by atoms with van der Waals surface area (Å²) in [6.07, 6.45) is 1.84. The van der Waals surface area contributed by atoms with Crippen LogP contribution >= 0.6 is 11.3 Å². The van der Waals surface area contributed by atoms with Gasteiger partial charge in [-0.3, -0.25) is 0 Å². The van der Waals surface area contributed by atoms with Gasteiger partial charge in [0.2, 0.25) is 0 Å². The van der Waals surface area contributed by atoms with Crippen molar-refractivity contribution in [2.45, 2.75) is 26.7 Å². The first kappa shape index (κ1) is 11.3. The zero-order chi connectivity index (χ0) is 11.7. The normalized spacial score (nSPS) is 11.1. The van der Waals surface area contributed by atoms with Crippen molar-refractivity contribution in [3.8, 4) is 10.6 Å². The minimum atomic E-state index is -0.190. The van der Waals surface area contributed by atoms with E-state index in [2.05, 4.69) is 18.8 Å². The Morgan fingerprint density at radius 1 is 1.31 bits per heavy atom. The quantitative estimate of drug-likeness (QED) is 0.752. The lowest BCUT2D eigenvalue weighted by Gasteiger charge is -2.00. The summed E-state index contributed by atoms with van der Waals surface area (Å²) in [5.41, 5.74) is 1.53. The van der Waals surface area contributed by atoms with E-state index in [0.717, 1.165) is 10.6 Å². The molecule has 0 saturated heterocycles. The third kappa shape index (κ3) is 2.14. The van der Waals surface area contributed by atoms with Gasteiger partial charge >= 0.3 is 0 Å². The van der Waals surface area contributed by atoms with Crippen LogP contribution < -0.4 is 0 Å². The predicted octanol–water partition coefficient (Wildman–Crippen LogP) is 4.38. The van der Waals surface area contributed by atoms with Crippen LogP contribution in [0.5, 0.6) is 0 Å². The van der Waals surface area contributed by atoms with Gasteiger partial charge in [-0.2, -0.15) is 0 Å². The van der Waals surface area contributed by atoms with Crippen LogP contribution in [-0.2, 0) is 0 Å². The Kier molecular flexibility index (Phi) is 3.06. The number of hydrogen-bond acceptors (Lipinski definition) is 2. The van der Waals surface area contributed by atoms with E-state index >= 15 is 0 Å². The summed E-state index contributed by atoms with van der Waals surface area (Å²) in [4.78, 5) is 5.47. The van der Waals surface area contributed by atoms with Crippen molar-refractivity contribution < 1.29 is 4.39 Å². The lowest BCUT2D eigenvalue weighted by Crippen LogP contribution is -1.84. The van der Waals surface area contributed by atoms with Gasteiger partial charge in [-0.15, -0.1) is 11.3 Å². The summed E-state index contributed by atoms with van der Waals surface area (Å²) in [6, 6.07) is 5.26. The van der Waals surface area contributed by atoms with Crippen LogP contribution in [0.3, 0.4) is 0 Å². The highest BCUT2D eigenvalue weighted by molar-refractivity contribution is 7.15. The minimum Gasteiger partial charge on any atom is -0.244 e. The van der Waals surface area contributed by atoms with Crippen molar-refractivity contribution in [3.63, 3.8) is 0 Å². The maximum absolute atomic E-state index is 13.7. The standard InChI is InChI=1S/C13H14FNS/c1-8(2)12-7-15-13(16-12)10-5-4-9(3)6-11(10)14/h4-8H,1-3H3. The molecule has 1 aromatic heterocycles. The van der Waals surface area contributed by atoms with Gasteiger partial charge in [0.15, 0.2) is 0 Å². The monoisotopic (exact) mass is 235 g/mol. The Balaban J connectivity index is 2.42. The summed E-state index contributed by atoms with van der Waals surface area (Å²) in [5.74, 6) is 0.254. The highest BCUT2D eigenvalue weighted by Gasteiger charge is 2.11. The summed E-state index contributed by atoms with van der Waals surface area (Å²) >= 11 is 1.56. The average Bonchev–Trinajstić information content (AvgIpc) is 2.66. The molecule has 0 bridgehead atoms. The first-order chi connectivity index (χ1) is 7.58. The zero-order valence-electron chi connectivity index (χ0n) is 9.62. The molecular formula is C13H14FNS. The first-order valence-electron chi connectivity index (χ1n) is 5.30. The van der Waals surface area contributed by atoms with Gasteiger partial charge in [-0.05, 0) is 30.5 Å². The van der Waals surface area contributed by atoms with E-state index in [-0.39, 0.29) is 5.82 Å². The van der Waals surface area contributed by atoms with Crippen molar-refractivity contribution >= 4 is 11.3 Å². The molecule has 0 amide bonds. The fourth-order valence-electron chi connectivity index (χ4n) is 1.47. The molecule has 0 spiro atoms. The number of hydrogen-bond donors (Lipinski definition) is 0. The van der Waals surface area contributed by atoms with Crippen molar-refractivity contribution in [2.75, 3.05) is 0 Å². The molecule has 0 N–H and O–H groups in total. The second-order valence-electron chi connectivity index (χ2n) is 4.21. The maximum atomic E-state index is 13.7. The molecule has 0 radical (unpaired) electrons. The van der Waals surface area contributed by atoms with E-state index in [4.69, 9.17) is 0 Å². The number of nitrogens with zero attached hydrogens (tertiary/aromatic N) is 1. The van der Waals surface area contributed by atoms with Gasteiger partial charge in [0, 0.05) is 16.6 Å². The topological polar surface area (TPSA) is 12.9 Å². The fraction of sp³-hybridized carbons (Fsp3) is 0.308. The van der Waals surface area contributed by atoms with E-state index < -0.39 is 0 Å². The van der Waals surface area contributed by atoms with Crippen LogP contribution in [0.1, 0.15) is 30.2 Å². The van der Waals surface area contributed by atoms with Gasteiger partial charge in [-0.1, -0.05) is 19.9 Å². The molecule has 0 saturated carbocycles. The van der Waals surface area contributed by atoms with Gasteiger partial charge in [0.25, 0.3) is 0 Å². The molecule has 1 aromatic carbocycles. The summed E-state index contributed by atoms with van der Waals surface area (Å²) in [5, 5.41) is 0.765. The van der Waals surface area contributed by atoms with Gasteiger partial charge in [-0.25, -0.2) is 9.37 Å². The van der Waals surface area contributed by atoms with Crippen molar-refractivity contribution in [1.29, 1.82) is 0 Å². The molecule has 2 rings (SSSR count). The van der Waals surface area contributed by atoms with E-state index in [1.807, 2.05) is 19.2 Å². The van der Waals surface area contributed by atoms with Crippen molar-refractivity contribution in [3.05, 3.63) is 40.7 Å². The van der Waals surface area contributed by atoms with Crippen LogP contribution in [0.4, 0.5) is 4.39 Å². The van der Waals surface area contributed by atoms with E-state index in [1.54, 1.807) is 23.5 Å². The van der Waals surface area contributed by atoms with E-state index in [1.165, 1.54) is 4.88 Å². The molecule has 2 aromatic rings. The Hall–Kier alpha value is -1.22. The summed E-state index contributed by atoms with van der Waals surface area (Å²) < 4.78 is 13.7. The lowest BCUT2D eigenvalue weighted by molar-refractivity contribution is 0.630. The minimum absolute atomic E-state index is 0.190. The molecule has 0 aliphatic carbocycles. The fourth-order valence-corrected chi connectivity index (χ4v) is 2.42. The molecule has 0 aliphatic rings. The highest BCUT2D eigenvalue weighted by Crippen LogP contribution is 2.31. The SMILES string of the molecule is Cc1ccc(-c2ncc(C(C)C)s2)c(F)c1. The second kappa shape index (κ2) is 4.34. The lowest BCUT2D eigenvalue weighted by atomic mass is 10.1. The average molecular weight is 235 g/mol. The summed E-state index contributed by atoms with van der Waals surface area (Å²) in [6.45, 7) is 6.11. The van der Waals surface area contributed by atoms with Crippen LogP contribution in [0.2, 0.25) is 0 Å². The van der Waals surface area contributed by atoms with Crippen LogP contribution in [0.15, 0.2) is 24.4 Å². The molecule has 16 heavy (non-hydrogen) atoms. The predicted molar refractivity (Wildman–Crippen MR) is 66.3 cm³/mol. The van der Waals surface area contributed by atoms with Gasteiger partial charge < -0.3 is 0 Å². The Labute approximate surface area is 99.0 Å². The van der Waals surface area contributed by atoms with Crippen molar-refractivity contribution in [1.82, 2.24) is 4.98 Å². The molecule has 0 atom stereocenters. The van der Waals surface area contributed by atoms with Crippen LogP contribution in [0.25, 0.3) is 10.6 Å². The molecule has 0 unspecified atom stereocenters. The van der Waals surface area contributed by atoms with Crippen molar-refractivity contribution in [2.24, 2.45) is 0 Å². The van der Waals surface area contributed by atoms with Gasteiger partial charge in [0.05, 0.1) is 0 Å². The number of halogens is 1. The number of benzene rings is 1. The number of thiazole rings is 1. The first-order valence-corrected chi connectivity index (χ1v) is 6.12. The molecule has 0 aliphatic heterocycles. The van der Waals surface area contributed by atoms with E-state index in [9.17, 15) is 4.39 Å². The Morgan fingerprint density at radius 3 is 2.62 bits per heavy atom. The molecule has 1 nitrogen and oxygen atoms in total. The van der Waals surface area contributed by atoms with Gasteiger partial charge in [0.1, 0.15) is 10.8 Å². The Bertz CT molecular complexity index is 502. The smallest absolute Gasteiger partial charge is 0.133 e. The molecule has 1 heterocycles.